The van der Waals surface area contributed by atoms with E-state index in [1.807, 2.05) is 26.8 Å². The Labute approximate surface area is 162 Å². The lowest BCUT2D eigenvalue weighted by atomic mass is 9.84. The number of aliphatic carboxylic acids is 1. The summed E-state index contributed by atoms with van der Waals surface area (Å²) >= 11 is 0. The largest absolute Gasteiger partial charge is 0.481 e. The van der Waals surface area contributed by atoms with Gasteiger partial charge in [0.15, 0.2) is 9.84 Å². The lowest BCUT2D eigenvalue weighted by Crippen LogP contribution is -2.28. The zero-order chi connectivity index (χ0) is 20.5. The minimum atomic E-state index is -3.42. The summed E-state index contributed by atoms with van der Waals surface area (Å²) in [6, 6.07) is 14.1. The SMILES string of the molecule is CC(C)(C)CCS(=O)(=O)c1ccccc1-c1ccc(C(C)(C)C(=O)O)cc1. The molecule has 0 spiro atoms. The van der Waals surface area contributed by atoms with Crippen LogP contribution in [0.4, 0.5) is 0 Å². The van der Waals surface area contributed by atoms with Crippen molar-refractivity contribution >= 4 is 15.8 Å². The summed E-state index contributed by atoms with van der Waals surface area (Å²) in [7, 11) is -3.42. The average Bonchev–Trinajstić information content (AvgIpc) is 2.59. The number of hydrogen-bond donors (Lipinski definition) is 1. The van der Waals surface area contributed by atoms with Crippen LogP contribution in [-0.4, -0.2) is 25.2 Å². The Morgan fingerprint density at radius 1 is 0.926 bits per heavy atom. The highest BCUT2D eigenvalue weighted by Gasteiger charge is 2.29. The minimum Gasteiger partial charge on any atom is -0.481 e. The first-order valence-electron chi connectivity index (χ1n) is 9.01. The molecular weight excluding hydrogens is 360 g/mol. The van der Waals surface area contributed by atoms with Gasteiger partial charge < -0.3 is 5.11 Å². The molecule has 0 amide bonds. The first kappa shape index (κ1) is 21.2. The van der Waals surface area contributed by atoms with Crippen LogP contribution < -0.4 is 0 Å². The molecule has 1 N–H and O–H groups in total. The molecule has 0 aromatic heterocycles. The third kappa shape index (κ3) is 4.98. The van der Waals surface area contributed by atoms with E-state index in [1.54, 1.807) is 56.3 Å². The van der Waals surface area contributed by atoms with E-state index in [1.165, 1.54) is 0 Å². The lowest BCUT2D eigenvalue weighted by Gasteiger charge is -2.20. The van der Waals surface area contributed by atoms with Crippen LogP contribution in [0.3, 0.4) is 0 Å². The standard InChI is InChI=1S/C22H28O4S/c1-21(2,3)14-15-27(25,26)19-9-7-6-8-18(19)16-10-12-17(13-11-16)22(4,5)20(23)24/h6-13H,14-15H2,1-5H3,(H,23,24). The van der Waals surface area contributed by atoms with Crippen molar-refractivity contribution in [2.45, 2.75) is 51.3 Å². The molecule has 0 saturated heterocycles. The third-order valence-electron chi connectivity index (χ3n) is 4.80. The monoisotopic (exact) mass is 388 g/mol. The number of benzene rings is 2. The second-order valence-corrected chi connectivity index (χ2v) is 10.7. The molecule has 2 aromatic rings. The summed E-state index contributed by atoms with van der Waals surface area (Å²) in [5.74, 6) is -0.808. The summed E-state index contributed by atoms with van der Waals surface area (Å²) in [6.07, 6.45) is 0.579. The van der Waals surface area contributed by atoms with E-state index in [9.17, 15) is 18.3 Å². The molecule has 0 saturated carbocycles. The first-order valence-corrected chi connectivity index (χ1v) is 10.7. The predicted molar refractivity (Wildman–Crippen MR) is 109 cm³/mol. The number of carboxylic acid groups (broad SMARTS) is 1. The number of sulfone groups is 1. The molecule has 0 unspecified atom stereocenters. The van der Waals surface area contributed by atoms with Gasteiger partial charge in [-0.05, 0) is 42.9 Å². The first-order chi connectivity index (χ1) is 12.3. The topological polar surface area (TPSA) is 71.4 Å². The summed E-state index contributed by atoms with van der Waals surface area (Å²) in [6.45, 7) is 9.37. The molecule has 0 radical (unpaired) electrons. The predicted octanol–water partition coefficient (Wildman–Crippen LogP) is 4.93. The van der Waals surface area contributed by atoms with E-state index < -0.39 is 21.2 Å². The van der Waals surface area contributed by atoms with Crippen molar-refractivity contribution in [1.82, 2.24) is 0 Å². The minimum absolute atomic E-state index is 0.0634. The Balaban J connectivity index is 2.43. The molecular formula is C22H28O4S. The molecule has 0 fully saturated rings. The van der Waals surface area contributed by atoms with Crippen LogP contribution in [0.5, 0.6) is 0 Å². The van der Waals surface area contributed by atoms with Gasteiger partial charge in [-0.3, -0.25) is 4.79 Å². The zero-order valence-corrected chi connectivity index (χ0v) is 17.4. The molecule has 0 aliphatic rings. The van der Waals surface area contributed by atoms with Gasteiger partial charge in [-0.1, -0.05) is 63.2 Å². The van der Waals surface area contributed by atoms with E-state index in [0.717, 1.165) is 5.56 Å². The van der Waals surface area contributed by atoms with Crippen molar-refractivity contribution in [2.24, 2.45) is 5.41 Å². The van der Waals surface area contributed by atoms with Gasteiger partial charge in [0.05, 0.1) is 16.1 Å². The molecule has 146 valence electrons. The Hall–Kier alpha value is -2.14. The van der Waals surface area contributed by atoms with Crippen molar-refractivity contribution in [3.05, 3.63) is 54.1 Å². The molecule has 0 heterocycles. The van der Waals surface area contributed by atoms with Gasteiger partial charge in [0, 0.05) is 5.56 Å². The van der Waals surface area contributed by atoms with Gasteiger partial charge in [0.1, 0.15) is 0 Å². The van der Waals surface area contributed by atoms with Crippen molar-refractivity contribution < 1.29 is 18.3 Å². The Morgan fingerprint density at radius 2 is 1.48 bits per heavy atom. The van der Waals surface area contributed by atoms with Gasteiger partial charge in [0.2, 0.25) is 0 Å². The van der Waals surface area contributed by atoms with Gasteiger partial charge in [0.25, 0.3) is 0 Å². The van der Waals surface area contributed by atoms with Gasteiger partial charge in [-0.2, -0.15) is 0 Å². The van der Waals surface area contributed by atoms with Crippen LogP contribution >= 0.6 is 0 Å². The summed E-state index contributed by atoms with van der Waals surface area (Å²) in [5, 5.41) is 9.38. The summed E-state index contributed by atoms with van der Waals surface area (Å²) in [5.41, 5.74) is 1.01. The van der Waals surface area contributed by atoms with Gasteiger partial charge in [-0.25, -0.2) is 8.42 Å². The number of carboxylic acids is 1. The highest BCUT2D eigenvalue weighted by atomic mass is 32.2. The normalized spacial score (nSPS) is 12.8. The molecule has 0 aliphatic carbocycles. The highest BCUT2D eigenvalue weighted by molar-refractivity contribution is 7.91. The van der Waals surface area contributed by atoms with Crippen LogP contribution in [0.15, 0.2) is 53.4 Å². The maximum Gasteiger partial charge on any atom is 0.313 e. The van der Waals surface area contributed by atoms with Crippen LogP contribution in [-0.2, 0) is 20.0 Å². The van der Waals surface area contributed by atoms with Crippen LogP contribution in [0.1, 0.15) is 46.6 Å². The van der Waals surface area contributed by atoms with Gasteiger partial charge in [-0.15, -0.1) is 0 Å². The molecule has 2 rings (SSSR count). The molecule has 0 bridgehead atoms. The molecule has 5 heteroatoms. The van der Waals surface area contributed by atoms with Crippen molar-refractivity contribution in [3.63, 3.8) is 0 Å². The summed E-state index contributed by atoms with van der Waals surface area (Å²) < 4.78 is 25.8. The van der Waals surface area contributed by atoms with Crippen molar-refractivity contribution in [2.75, 3.05) is 5.75 Å². The Kier molecular flexibility index (Phi) is 5.85. The molecule has 0 atom stereocenters. The lowest BCUT2D eigenvalue weighted by molar-refractivity contribution is -0.142. The molecule has 4 nitrogen and oxygen atoms in total. The maximum absolute atomic E-state index is 12.9. The molecule has 2 aromatic carbocycles. The van der Waals surface area contributed by atoms with E-state index in [-0.39, 0.29) is 11.2 Å². The average molecular weight is 389 g/mol. The van der Waals surface area contributed by atoms with Crippen LogP contribution in [0.25, 0.3) is 11.1 Å². The fourth-order valence-corrected chi connectivity index (χ4v) is 4.62. The van der Waals surface area contributed by atoms with Gasteiger partial charge >= 0.3 is 5.97 Å². The number of rotatable bonds is 6. The van der Waals surface area contributed by atoms with Crippen LogP contribution in [0.2, 0.25) is 0 Å². The fourth-order valence-electron chi connectivity index (χ4n) is 2.72. The smallest absolute Gasteiger partial charge is 0.313 e. The quantitative estimate of drug-likeness (QED) is 0.762. The van der Waals surface area contributed by atoms with Crippen molar-refractivity contribution in [1.29, 1.82) is 0 Å². The Bertz CT molecular complexity index is 918. The van der Waals surface area contributed by atoms with Crippen molar-refractivity contribution in [3.8, 4) is 11.1 Å². The number of carbonyl (C=O) groups is 1. The van der Waals surface area contributed by atoms with E-state index >= 15 is 0 Å². The Morgan fingerprint density at radius 3 is 2.00 bits per heavy atom. The van der Waals surface area contributed by atoms with E-state index in [4.69, 9.17) is 0 Å². The zero-order valence-electron chi connectivity index (χ0n) is 16.6. The second kappa shape index (κ2) is 7.47. The second-order valence-electron chi connectivity index (χ2n) is 8.63. The van der Waals surface area contributed by atoms with Crippen LogP contribution in [0, 0.1) is 5.41 Å². The fraction of sp³-hybridized carbons (Fsp3) is 0.409. The maximum atomic E-state index is 12.9. The van der Waals surface area contributed by atoms with E-state index in [2.05, 4.69) is 0 Å². The summed E-state index contributed by atoms with van der Waals surface area (Å²) in [4.78, 5) is 11.8. The highest BCUT2D eigenvalue weighted by Crippen LogP contribution is 2.32. The number of hydrogen-bond acceptors (Lipinski definition) is 3. The third-order valence-corrected chi connectivity index (χ3v) is 6.56. The molecule has 0 aliphatic heterocycles. The molecule has 27 heavy (non-hydrogen) atoms. The van der Waals surface area contributed by atoms with E-state index in [0.29, 0.717) is 22.4 Å².